The van der Waals surface area contributed by atoms with Crippen molar-refractivity contribution >= 4 is 11.6 Å². The molecular formula is C21H22F7N7O4. The highest BCUT2D eigenvalue weighted by atomic mass is 19.4. The number of aryl methyl sites for hydroxylation is 1. The van der Waals surface area contributed by atoms with Crippen molar-refractivity contribution in [1.82, 2.24) is 29.5 Å². The Morgan fingerprint density at radius 1 is 1.23 bits per heavy atom. The molecule has 39 heavy (non-hydrogen) atoms. The van der Waals surface area contributed by atoms with Crippen LogP contribution in [0.4, 0.5) is 36.4 Å². The summed E-state index contributed by atoms with van der Waals surface area (Å²) >= 11 is 0. The number of rotatable bonds is 7. The van der Waals surface area contributed by atoms with Crippen LogP contribution in [0.5, 0.6) is 5.88 Å². The van der Waals surface area contributed by atoms with Gasteiger partial charge in [0.1, 0.15) is 11.2 Å². The minimum atomic E-state index is -5.00. The Kier molecular flexibility index (Phi) is 7.57. The minimum absolute atomic E-state index is 0.0413. The number of carbonyl (C=O) groups excluding carboxylic acids is 1. The van der Waals surface area contributed by atoms with Crippen LogP contribution in [0, 0.1) is 12.7 Å². The SMILES string of the molecule is CCn1c(C(C)(C)O)nn(-c2nc(O[C@@H](C)C(F)(F)F)c(C(=O)Nc3c(C)n[nH]c3C(F)(F)F)cc2F)c1=O. The summed E-state index contributed by atoms with van der Waals surface area (Å²) in [6.07, 6.45) is -12.6. The molecule has 0 bridgehead atoms. The van der Waals surface area contributed by atoms with Crippen molar-refractivity contribution in [2.75, 3.05) is 5.32 Å². The number of halogens is 7. The highest BCUT2D eigenvalue weighted by Gasteiger charge is 2.40. The van der Waals surface area contributed by atoms with E-state index in [9.17, 15) is 41.0 Å². The first-order valence-corrected chi connectivity index (χ1v) is 11.1. The average molecular weight is 569 g/mol. The van der Waals surface area contributed by atoms with Gasteiger partial charge in [0.05, 0.1) is 11.4 Å². The Morgan fingerprint density at radius 3 is 2.33 bits per heavy atom. The van der Waals surface area contributed by atoms with Crippen LogP contribution in [0.1, 0.15) is 55.3 Å². The summed E-state index contributed by atoms with van der Waals surface area (Å²) in [7, 11) is 0. The van der Waals surface area contributed by atoms with E-state index in [0.717, 1.165) is 11.5 Å². The van der Waals surface area contributed by atoms with Gasteiger partial charge in [-0.15, -0.1) is 5.10 Å². The number of aromatic nitrogens is 6. The van der Waals surface area contributed by atoms with Gasteiger partial charge in [-0.3, -0.25) is 14.5 Å². The van der Waals surface area contributed by atoms with Gasteiger partial charge < -0.3 is 15.2 Å². The molecule has 0 saturated heterocycles. The molecule has 11 nitrogen and oxygen atoms in total. The summed E-state index contributed by atoms with van der Waals surface area (Å²) < 4.78 is 101. The zero-order chi connectivity index (χ0) is 29.7. The maximum Gasteiger partial charge on any atom is 0.434 e. The lowest BCUT2D eigenvalue weighted by Gasteiger charge is -2.19. The number of carbonyl (C=O) groups is 1. The van der Waals surface area contributed by atoms with Crippen LogP contribution in [0.2, 0.25) is 0 Å². The summed E-state index contributed by atoms with van der Waals surface area (Å²) in [5, 5.41) is 21.0. The molecule has 0 saturated carbocycles. The number of alkyl halides is 6. The Balaban J connectivity index is 2.20. The van der Waals surface area contributed by atoms with E-state index in [-0.39, 0.29) is 18.1 Å². The van der Waals surface area contributed by atoms with Crippen LogP contribution in [-0.2, 0) is 18.3 Å². The Morgan fingerprint density at radius 2 is 1.85 bits per heavy atom. The molecule has 0 aliphatic carbocycles. The first-order valence-electron chi connectivity index (χ1n) is 11.1. The molecule has 3 aromatic heterocycles. The molecule has 0 spiro atoms. The summed E-state index contributed by atoms with van der Waals surface area (Å²) in [5.74, 6) is -5.37. The van der Waals surface area contributed by atoms with E-state index in [1.807, 2.05) is 5.32 Å². The fourth-order valence-electron chi connectivity index (χ4n) is 3.34. The zero-order valence-corrected chi connectivity index (χ0v) is 20.9. The second-order valence-corrected chi connectivity index (χ2v) is 8.78. The third-order valence-electron chi connectivity index (χ3n) is 5.31. The molecule has 214 valence electrons. The molecule has 0 aromatic carbocycles. The number of nitrogens with one attached hydrogen (secondary N) is 2. The Hall–Kier alpha value is -3.96. The van der Waals surface area contributed by atoms with Crippen molar-refractivity contribution in [2.24, 2.45) is 0 Å². The number of nitrogens with zero attached hydrogens (tertiary/aromatic N) is 5. The molecule has 3 heterocycles. The van der Waals surface area contributed by atoms with Gasteiger partial charge in [-0.2, -0.15) is 41.1 Å². The van der Waals surface area contributed by atoms with Crippen LogP contribution in [-0.4, -0.2) is 52.8 Å². The van der Waals surface area contributed by atoms with Crippen LogP contribution >= 0.6 is 0 Å². The summed E-state index contributed by atoms with van der Waals surface area (Å²) in [6.45, 7) is 5.65. The molecule has 1 atom stereocenters. The monoisotopic (exact) mass is 569 g/mol. The predicted octanol–water partition coefficient (Wildman–Crippen LogP) is 3.45. The van der Waals surface area contributed by atoms with Gasteiger partial charge in [0.15, 0.2) is 29.3 Å². The largest absolute Gasteiger partial charge is 0.464 e. The van der Waals surface area contributed by atoms with E-state index in [0.29, 0.717) is 17.7 Å². The van der Waals surface area contributed by atoms with Crippen molar-refractivity contribution in [3.8, 4) is 11.7 Å². The third-order valence-corrected chi connectivity index (χ3v) is 5.31. The average Bonchev–Trinajstić information content (AvgIpc) is 3.33. The van der Waals surface area contributed by atoms with E-state index in [1.165, 1.54) is 20.8 Å². The van der Waals surface area contributed by atoms with E-state index >= 15 is 4.39 Å². The fraction of sp³-hybridized carbons (Fsp3) is 0.476. The number of amides is 1. The molecule has 0 radical (unpaired) electrons. The molecule has 0 aliphatic rings. The number of ether oxygens (including phenoxy) is 1. The molecule has 0 unspecified atom stereocenters. The van der Waals surface area contributed by atoms with Crippen molar-refractivity contribution in [3.63, 3.8) is 0 Å². The van der Waals surface area contributed by atoms with Gasteiger partial charge in [-0.1, -0.05) is 0 Å². The van der Waals surface area contributed by atoms with Crippen LogP contribution in [0.25, 0.3) is 5.82 Å². The van der Waals surface area contributed by atoms with Gasteiger partial charge in [0, 0.05) is 6.54 Å². The van der Waals surface area contributed by atoms with Crippen molar-refractivity contribution < 1.29 is 45.4 Å². The van der Waals surface area contributed by atoms with E-state index in [1.54, 1.807) is 5.10 Å². The van der Waals surface area contributed by atoms with Crippen LogP contribution in [0.15, 0.2) is 10.9 Å². The normalized spacial score (nSPS) is 13.5. The van der Waals surface area contributed by atoms with Gasteiger partial charge in [-0.25, -0.2) is 9.18 Å². The van der Waals surface area contributed by atoms with Gasteiger partial charge in [-0.05, 0) is 40.7 Å². The smallest absolute Gasteiger partial charge is 0.434 e. The van der Waals surface area contributed by atoms with Gasteiger partial charge >= 0.3 is 18.0 Å². The summed E-state index contributed by atoms with van der Waals surface area (Å²) in [5.41, 5.74) is -6.43. The first-order chi connectivity index (χ1) is 17.8. The lowest BCUT2D eigenvalue weighted by Crippen LogP contribution is -2.33. The Labute approximate surface area is 214 Å². The molecule has 0 fully saturated rings. The zero-order valence-electron chi connectivity index (χ0n) is 20.9. The number of hydrogen-bond donors (Lipinski definition) is 3. The molecule has 3 aromatic rings. The summed E-state index contributed by atoms with van der Waals surface area (Å²) in [4.78, 5) is 29.3. The topological polar surface area (TPSA) is 140 Å². The fourth-order valence-corrected chi connectivity index (χ4v) is 3.34. The van der Waals surface area contributed by atoms with Crippen molar-refractivity contribution in [1.29, 1.82) is 0 Å². The second kappa shape index (κ2) is 9.97. The molecule has 0 aliphatic heterocycles. The number of H-pyrrole nitrogens is 1. The number of aliphatic hydroxyl groups is 1. The highest BCUT2D eigenvalue weighted by Crippen LogP contribution is 2.35. The second-order valence-electron chi connectivity index (χ2n) is 8.78. The van der Waals surface area contributed by atoms with Crippen molar-refractivity contribution in [3.05, 3.63) is 45.1 Å². The van der Waals surface area contributed by atoms with Crippen molar-refractivity contribution in [2.45, 2.75) is 65.2 Å². The predicted molar refractivity (Wildman–Crippen MR) is 119 cm³/mol. The standard InChI is InChI=1S/C21H22F7N7O4/c1-6-34-17(19(4,5)38)33-35(18(34)37)14-11(22)7-10(16(30-14)39-9(3)20(23,24)25)15(36)29-12-8(2)31-32-13(12)21(26,27)28/h7,9,38H,6H2,1-5H3,(H,29,36)(H,31,32)/t9-/m0/s1. The van der Waals surface area contributed by atoms with E-state index in [2.05, 4.69) is 15.2 Å². The molecule has 3 N–H and O–H groups in total. The molecule has 1 amide bonds. The summed E-state index contributed by atoms with van der Waals surface area (Å²) in [6, 6.07) is 0.333. The van der Waals surface area contributed by atoms with E-state index in [4.69, 9.17) is 4.74 Å². The Bertz CT molecular complexity index is 1450. The number of hydrogen-bond acceptors (Lipinski definition) is 7. The van der Waals surface area contributed by atoms with Crippen LogP contribution < -0.4 is 15.7 Å². The van der Waals surface area contributed by atoms with Gasteiger partial charge in [0.25, 0.3) is 5.91 Å². The van der Waals surface area contributed by atoms with E-state index < -0.39 is 70.1 Å². The van der Waals surface area contributed by atoms with Gasteiger partial charge in [0.2, 0.25) is 5.88 Å². The first kappa shape index (κ1) is 29.6. The lowest BCUT2D eigenvalue weighted by molar-refractivity contribution is -0.190. The number of aromatic amines is 1. The quantitative estimate of drug-likeness (QED) is 0.371. The molecular weight excluding hydrogens is 547 g/mol. The highest BCUT2D eigenvalue weighted by molar-refractivity contribution is 6.06. The minimum Gasteiger partial charge on any atom is -0.464 e. The van der Waals surface area contributed by atoms with Crippen LogP contribution in [0.3, 0.4) is 0 Å². The lowest BCUT2D eigenvalue weighted by atomic mass is 10.1. The molecule has 3 rings (SSSR count). The maximum atomic E-state index is 15.2. The number of pyridine rings is 1. The third kappa shape index (κ3) is 5.89. The molecule has 18 heteroatoms. The maximum absolute atomic E-state index is 15.2. The number of anilines is 1.